The number of hydrogen-bond donors (Lipinski definition) is 18. The zero-order valence-corrected chi connectivity index (χ0v) is 40.1. The summed E-state index contributed by atoms with van der Waals surface area (Å²) in [5, 5.41) is 39.3. The van der Waals surface area contributed by atoms with Crippen molar-refractivity contribution in [1.82, 2.24) is 52.5 Å². The molecule has 0 aromatic carbocycles. The lowest BCUT2D eigenvalue weighted by Crippen LogP contribution is -2.61. The minimum Gasteiger partial charge on any atom is -0.480 e. The van der Waals surface area contributed by atoms with Gasteiger partial charge in [0.2, 0.25) is 53.2 Å². The van der Waals surface area contributed by atoms with Crippen LogP contribution >= 0.6 is 12.6 Å². The maximum absolute atomic E-state index is 13.7. The highest BCUT2D eigenvalue weighted by Crippen LogP contribution is 2.08. The maximum Gasteiger partial charge on any atom is 0.326 e. The van der Waals surface area contributed by atoms with Gasteiger partial charge >= 0.3 is 5.97 Å². The molecule has 0 aliphatic heterocycles. The minimum atomic E-state index is -1.71. The third-order valence-corrected chi connectivity index (χ3v) is 10.5. The Morgan fingerprint density at radius 3 is 1.76 bits per heavy atom. The fraction of sp³-hybridized carbons (Fsp3) is 0.650. The lowest BCUT2D eigenvalue weighted by Gasteiger charge is -2.27. The number of aliphatic hydroxyl groups is 1. The van der Waals surface area contributed by atoms with Gasteiger partial charge in [0, 0.05) is 30.6 Å². The van der Waals surface area contributed by atoms with Crippen molar-refractivity contribution < 1.29 is 58.2 Å². The summed E-state index contributed by atoms with van der Waals surface area (Å²) in [7, 11) is 0. The third kappa shape index (κ3) is 24.1. The molecule has 0 saturated heterocycles. The number of aliphatic imine (C=N–C) groups is 1. The van der Waals surface area contributed by atoms with Crippen LogP contribution in [0.15, 0.2) is 17.5 Å². The number of nitrogens with two attached hydrogens (primary N) is 6. The van der Waals surface area contributed by atoms with Crippen molar-refractivity contribution in [2.24, 2.45) is 39.4 Å². The number of thiol groups is 1. The number of nitrogens with zero attached hydrogens (tertiary/aromatic N) is 2. The van der Waals surface area contributed by atoms with Crippen molar-refractivity contribution in [3.63, 3.8) is 0 Å². The summed E-state index contributed by atoms with van der Waals surface area (Å²) < 4.78 is 0. The number of aliphatic carboxylic acids is 1. The van der Waals surface area contributed by atoms with Crippen molar-refractivity contribution >= 4 is 77.7 Å². The monoisotopic (exact) mass is 1010 g/mol. The Morgan fingerprint density at radius 2 is 1.23 bits per heavy atom. The van der Waals surface area contributed by atoms with Crippen LogP contribution in [0.25, 0.3) is 0 Å². The summed E-state index contributed by atoms with van der Waals surface area (Å²) in [6, 6.07) is -11.2. The van der Waals surface area contributed by atoms with Gasteiger partial charge in [-0.2, -0.15) is 12.6 Å². The molecule has 1 rings (SSSR count). The molecule has 23 N–H and O–H groups in total. The summed E-state index contributed by atoms with van der Waals surface area (Å²) in [5.41, 5.74) is 33.6. The van der Waals surface area contributed by atoms with E-state index in [1.54, 1.807) is 0 Å². The number of unbranched alkanes of at least 4 members (excludes halogenated alkanes) is 2. The van der Waals surface area contributed by atoms with Gasteiger partial charge in [-0.1, -0.05) is 0 Å². The van der Waals surface area contributed by atoms with E-state index >= 15 is 0 Å². The molecule has 9 atom stereocenters. The molecule has 1 aromatic heterocycles. The molecule has 70 heavy (non-hydrogen) atoms. The van der Waals surface area contributed by atoms with Crippen LogP contribution in [0.4, 0.5) is 0 Å². The zero-order valence-electron chi connectivity index (χ0n) is 39.2. The van der Waals surface area contributed by atoms with Crippen LogP contribution in [0.5, 0.6) is 0 Å². The average Bonchev–Trinajstić information content (AvgIpc) is 3.81. The van der Waals surface area contributed by atoms with Crippen LogP contribution in [0.1, 0.15) is 77.3 Å². The molecule has 394 valence electrons. The van der Waals surface area contributed by atoms with E-state index in [2.05, 4.69) is 70.1 Å². The molecule has 0 radical (unpaired) electrons. The standard InChI is InChI=1S/C40H71N17O12S/c1-20(51-36(65)27(15-29(44)59)56-33(62)23(43)14-22-16-47-19-50-22)32(61)53-25(9-4-6-12-42)35(64)57-31(21(2)58)38(67)54-24(8-3-5-11-41)34(63)49-17-30(60)52-28(18-70)37(66)55-26(39(68)69)10-7-13-48-40(45)46/h16,19-21,23-28,31,58,70H,3-15,17-18,41-43H2,1-2H3,(H2,44,59)(H,47,50)(H,49,63)(H,51,65)(H,52,60)(H,53,61)(H,54,67)(H,55,66)(H,56,62)(H,57,64)(H,68,69)(H4,45,46,48)/t20-,21-,23+,24-,25+,26+,27+,28-,31+/m1/s1. The van der Waals surface area contributed by atoms with E-state index in [9.17, 15) is 58.2 Å². The first-order chi connectivity index (χ1) is 33.0. The third-order valence-electron chi connectivity index (χ3n) is 10.2. The van der Waals surface area contributed by atoms with Gasteiger partial charge in [0.05, 0.1) is 31.4 Å². The van der Waals surface area contributed by atoms with Gasteiger partial charge in [-0.3, -0.25) is 48.1 Å². The first-order valence-corrected chi connectivity index (χ1v) is 23.1. The van der Waals surface area contributed by atoms with E-state index in [1.165, 1.54) is 26.4 Å². The van der Waals surface area contributed by atoms with Gasteiger partial charge in [0.15, 0.2) is 5.96 Å². The molecule has 0 unspecified atom stereocenters. The molecule has 29 nitrogen and oxygen atoms in total. The fourth-order valence-corrected chi connectivity index (χ4v) is 6.56. The molecule has 1 heterocycles. The van der Waals surface area contributed by atoms with Crippen LogP contribution in [-0.2, 0) is 54.4 Å². The number of guanidine groups is 1. The second kappa shape index (κ2) is 33.0. The summed E-state index contributed by atoms with van der Waals surface area (Å²) in [4.78, 5) is 140. The van der Waals surface area contributed by atoms with E-state index in [4.69, 9.17) is 34.4 Å². The van der Waals surface area contributed by atoms with Gasteiger partial charge < -0.3 is 92.1 Å². The highest BCUT2D eigenvalue weighted by atomic mass is 32.1. The van der Waals surface area contributed by atoms with Crippen molar-refractivity contribution in [3.05, 3.63) is 18.2 Å². The van der Waals surface area contributed by atoms with Crippen molar-refractivity contribution in [3.8, 4) is 0 Å². The normalized spacial score (nSPS) is 14.8. The Kier molecular flexibility index (Phi) is 28.9. The Balaban J connectivity index is 3.08. The number of carboxylic acids is 1. The van der Waals surface area contributed by atoms with Gasteiger partial charge in [0.1, 0.15) is 42.3 Å². The molecule has 0 spiro atoms. The number of nitrogens with one attached hydrogen (secondary N) is 9. The van der Waals surface area contributed by atoms with Crippen LogP contribution < -0.4 is 76.9 Å². The molecule has 0 bridgehead atoms. The first kappa shape index (κ1) is 61.4. The summed E-state index contributed by atoms with van der Waals surface area (Å²) in [6.45, 7) is 2.30. The SMILES string of the molecule is C[C@@H](NC(=O)[C@H](CC(N)=O)NC(=O)[C@@H](N)Cc1cnc[nH]1)C(=O)N[C@@H](CCCCN)C(=O)N[C@H](C(=O)N[C@H](CCCCN)C(=O)NCC(=O)N[C@H](CS)C(=O)N[C@@H](CCCN=C(N)N)C(=O)O)[C@@H](C)O. The molecule has 0 fully saturated rings. The van der Waals surface area contributed by atoms with Crippen molar-refractivity contribution in [2.45, 2.75) is 132 Å². The second-order valence-electron chi connectivity index (χ2n) is 16.1. The first-order valence-electron chi connectivity index (χ1n) is 22.4. The van der Waals surface area contributed by atoms with E-state index < -0.39 is 127 Å². The molecule has 0 aliphatic carbocycles. The number of hydrogen-bond acceptors (Lipinski definition) is 17. The van der Waals surface area contributed by atoms with Gasteiger partial charge in [-0.15, -0.1) is 0 Å². The van der Waals surface area contributed by atoms with Gasteiger partial charge in [0.25, 0.3) is 0 Å². The molecule has 1 aromatic rings. The average molecular weight is 1010 g/mol. The van der Waals surface area contributed by atoms with Crippen LogP contribution in [0, 0.1) is 0 Å². The van der Waals surface area contributed by atoms with Crippen molar-refractivity contribution in [2.75, 3.05) is 31.9 Å². The van der Waals surface area contributed by atoms with E-state index in [1.807, 2.05) is 0 Å². The fourth-order valence-electron chi connectivity index (χ4n) is 6.30. The van der Waals surface area contributed by atoms with E-state index in [0.29, 0.717) is 31.4 Å². The number of H-pyrrole nitrogens is 1. The molecule has 0 aliphatic rings. The Labute approximate surface area is 409 Å². The summed E-state index contributed by atoms with van der Waals surface area (Å²) in [6.07, 6.45) is 2.19. The maximum atomic E-state index is 13.7. The molecule has 0 saturated carbocycles. The highest BCUT2D eigenvalue weighted by molar-refractivity contribution is 7.80. The number of imidazole rings is 1. The molecule has 9 amide bonds. The Hall–Kier alpha value is -6.63. The number of carboxylic acid groups (broad SMARTS) is 1. The van der Waals surface area contributed by atoms with Gasteiger partial charge in [-0.25, -0.2) is 9.78 Å². The van der Waals surface area contributed by atoms with E-state index in [0.717, 1.165) is 0 Å². The Bertz CT molecular complexity index is 1920. The minimum absolute atomic E-state index is 0.0123. The summed E-state index contributed by atoms with van der Waals surface area (Å²) in [5.74, 6) is -10.0. The molecule has 30 heteroatoms. The lowest BCUT2D eigenvalue weighted by atomic mass is 10.0. The predicted molar refractivity (Wildman–Crippen MR) is 255 cm³/mol. The number of amides is 9. The number of carbonyl (C=O) groups is 10. The zero-order chi connectivity index (χ0) is 52.9. The number of aromatic amines is 1. The number of rotatable bonds is 35. The Morgan fingerprint density at radius 1 is 0.686 bits per heavy atom. The van der Waals surface area contributed by atoms with Crippen LogP contribution in [0.3, 0.4) is 0 Å². The highest BCUT2D eigenvalue weighted by Gasteiger charge is 2.34. The van der Waals surface area contributed by atoms with Crippen LogP contribution in [0.2, 0.25) is 0 Å². The smallest absolute Gasteiger partial charge is 0.326 e. The predicted octanol–water partition coefficient (Wildman–Crippen LogP) is -7.61. The number of aliphatic hydroxyl groups excluding tert-OH is 1. The molecular formula is C40H71N17O12S. The van der Waals surface area contributed by atoms with E-state index in [-0.39, 0.29) is 63.5 Å². The number of carbonyl (C=O) groups excluding carboxylic acids is 9. The van der Waals surface area contributed by atoms with Crippen LogP contribution in [-0.4, -0.2) is 172 Å². The lowest BCUT2D eigenvalue weighted by molar-refractivity contribution is -0.142. The number of aromatic nitrogens is 2. The summed E-state index contributed by atoms with van der Waals surface area (Å²) >= 11 is 4.07. The van der Waals surface area contributed by atoms with Gasteiger partial charge in [-0.05, 0) is 78.3 Å². The van der Waals surface area contributed by atoms with Crippen molar-refractivity contribution in [1.29, 1.82) is 0 Å². The second-order valence-corrected chi connectivity index (χ2v) is 16.5. The molecular weight excluding hydrogens is 943 g/mol. The topological polar surface area (TPSA) is 505 Å². The largest absolute Gasteiger partial charge is 0.480 e. The number of primary amides is 1. The quantitative estimate of drug-likeness (QED) is 0.0130.